The van der Waals surface area contributed by atoms with Crippen LogP contribution in [0.2, 0.25) is 0 Å². The van der Waals surface area contributed by atoms with E-state index in [1.165, 1.54) is 0 Å². The molecular formula is C14H10O3S2. The van der Waals surface area contributed by atoms with Crippen molar-refractivity contribution < 1.29 is 13.7 Å². The van der Waals surface area contributed by atoms with Crippen LogP contribution in [0.4, 0.5) is 0 Å². The lowest BCUT2D eigenvalue weighted by Gasteiger charge is -2.10. The third-order valence-electron chi connectivity index (χ3n) is 3.12. The molecular weight excluding hydrogens is 280 g/mol. The molecule has 0 saturated carbocycles. The molecule has 19 heavy (non-hydrogen) atoms. The maximum atomic E-state index is 11.8. The van der Waals surface area contributed by atoms with Crippen molar-refractivity contribution in [1.82, 2.24) is 0 Å². The maximum absolute atomic E-state index is 11.8. The lowest BCUT2D eigenvalue weighted by molar-refractivity contribution is 0.301. The van der Waals surface area contributed by atoms with E-state index < -0.39 is 10.8 Å². The number of para-hydroxylation sites is 1. The Morgan fingerprint density at radius 2 is 2.05 bits per heavy atom. The highest BCUT2D eigenvalue weighted by atomic mass is 32.2. The van der Waals surface area contributed by atoms with Crippen LogP contribution in [0.3, 0.4) is 0 Å². The summed E-state index contributed by atoms with van der Waals surface area (Å²) in [5.41, 5.74) is 0.958. The fourth-order valence-electron chi connectivity index (χ4n) is 2.18. The molecule has 2 unspecified atom stereocenters. The van der Waals surface area contributed by atoms with Gasteiger partial charge in [-0.1, -0.05) is 30.0 Å². The summed E-state index contributed by atoms with van der Waals surface area (Å²) in [5.74, 6) is 1.90. The lowest BCUT2D eigenvalue weighted by atomic mass is 10.2. The summed E-state index contributed by atoms with van der Waals surface area (Å²) in [6.45, 7) is 0. The molecule has 0 N–H and O–H groups in total. The van der Waals surface area contributed by atoms with Crippen molar-refractivity contribution in [2.45, 2.75) is 15.2 Å². The quantitative estimate of drug-likeness (QED) is 0.807. The van der Waals surface area contributed by atoms with Crippen molar-refractivity contribution in [2.75, 3.05) is 5.94 Å². The van der Waals surface area contributed by atoms with Crippen LogP contribution in [-0.4, -0.2) is 10.1 Å². The Morgan fingerprint density at radius 1 is 1.16 bits per heavy atom. The molecule has 3 nitrogen and oxygen atoms in total. The third-order valence-corrected chi connectivity index (χ3v) is 5.44. The molecule has 0 radical (unpaired) electrons. The number of ether oxygens (including phenoxy) is 2. The Balaban J connectivity index is 1.69. The van der Waals surface area contributed by atoms with Gasteiger partial charge >= 0.3 is 0 Å². The Kier molecular flexibility index (Phi) is 2.56. The average Bonchev–Trinajstić information content (AvgIpc) is 3.02. The maximum Gasteiger partial charge on any atom is 0.174 e. The second kappa shape index (κ2) is 4.28. The Hall–Kier alpha value is -1.46. The number of fused-ring (bicyclic) bond motifs is 2. The van der Waals surface area contributed by atoms with E-state index in [2.05, 4.69) is 6.07 Å². The van der Waals surface area contributed by atoms with Crippen molar-refractivity contribution in [2.24, 2.45) is 0 Å². The first-order chi connectivity index (χ1) is 9.31. The number of benzene rings is 2. The molecule has 0 bridgehead atoms. The van der Waals surface area contributed by atoms with Crippen LogP contribution in [0.5, 0.6) is 11.5 Å². The molecule has 2 atom stereocenters. The van der Waals surface area contributed by atoms with Gasteiger partial charge in [-0.25, -0.2) is 0 Å². The van der Waals surface area contributed by atoms with Crippen molar-refractivity contribution in [1.29, 1.82) is 0 Å². The molecule has 96 valence electrons. The van der Waals surface area contributed by atoms with Gasteiger partial charge in [-0.3, -0.25) is 4.21 Å². The monoisotopic (exact) mass is 290 g/mol. The molecule has 4 rings (SSSR count). The number of hydrogen-bond donors (Lipinski definition) is 0. The zero-order valence-electron chi connectivity index (χ0n) is 9.87. The van der Waals surface area contributed by atoms with Gasteiger partial charge in [-0.05, 0) is 24.3 Å². The first kappa shape index (κ1) is 11.4. The minimum absolute atomic E-state index is 0.0692. The van der Waals surface area contributed by atoms with Gasteiger partial charge in [-0.15, -0.1) is 0 Å². The minimum atomic E-state index is -1.05. The lowest BCUT2D eigenvalue weighted by Crippen LogP contribution is -1.98. The van der Waals surface area contributed by atoms with Crippen LogP contribution in [0.1, 0.15) is 11.0 Å². The number of rotatable bonds is 1. The predicted molar refractivity (Wildman–Crippen MR) is 74.0 cm³/mol. The molecule has 2 aromatic carbocycles. The van der Waals surface area contributed by atoms with Crippen LogP contribution in [0, 0.1) is 0 Å². The van der Waals surface area contributed by atoms with Gasteiger partial charge in [0.15, 0.2) is 11.4 Å². The summed E-state index contributed by atoms with van der Waals surface area (Å²) in [6.07, 6.45) is 0. The zero-order chi connectivity index (χ0) is 12.8. The highest BCUT2D eigenvalue weighted by Gasteiger charge is 2.27. The molecule has 0 saturated heterocycles. The summed E-state index contributed by atoms with van der Waals surface area (Å²) in [6, 6.07) is 13.8. The molecule has 2 aliphatic heterocycles. The predicted octanol–water partition coefficient (Wildman–Crippen LogP) is 3.33. The molecule has 2 aromatic rings. The minimum Gasteiger partial charge on any atom is -0.479 e. The number of hydrogen-bond acceptors (Lipinski definition) is 4. The molecule has 0 amide bonds. The smallest absolute Gasteiger partial charge is 0.174 e. The summed E-state index contributed by atoms with van der Waals surface area (Å²) in [4.78, 5) is 1.92. The number of thioether (sulfide) groups is 1. The molecule has 2 heterocycles. The first-order valence-electron chi connectivity index (χ1n) is 5.89. The fourth-order valence-corrected chi connectivity index (χ4v) is 4.22. The van der Waals surface area contributed by atoms with E-state index >= 15 is 0 Å². The largest absolute Gasteiger partial charge is 0.479 e. The van der Waals surface area contributed by atoms with Gasteiger partial charge in [0, 0.05) is 5.56 Å². The second-order valence-electron chi connectivity index (χ2n) is 4.33. The van der Waals surface area contributed by atoms with E-state index in [1.54, 1.807) is 11.8 Å². The molecule has 2 aliphatic rings. The van der Waals surface area contributed by atoms with Crippen molar-refractivity contribution in [3.8, 4) is 11.5 Å². The van der Waals surface area contributed by atoms with E-state index in [4.69, 9.17) is 9.47 Å². The first-order valence-corrected chi connectivity index (χ1v) is 8.08. The SMILES string of the molecule is O=S1COc2ccc(C3Oc4ccccc4S3)cc21. The Labute approximate surface area is 117 Å². The van der Waals surface area contributed by atoms with E-state index in [9.17, 15) is 4.21 Å². The Bertz CT molecular complexity index is 659. The van der Waals surface area contributed by atoms with E-state index in [0.29, 0.717) is 0 Å². The Morgan fingerprint density at radius 3 is 2.95 bits per heavy atom. The van der Waals surface area contributed by atoms with Crippen LogP contribution in [0.25, 0.3) is 0 Å². The molecule has 5 heteroatoms. The topological polar surface area (TPSA) is 35.5 Å². The summed E-state index contributed by atoms with van der Waals surface area (Å²) >= 11 is 1.67. The fraction of sp³-hybridized carbons (Fsp3) is 0.143. The van der Waals surface area contributed by atoms with Gasteiger partial charge in [0.25, 0.3) is 0 Å². The van der Waals surface area contributed by atoms with E-state index in [-0.39, 0.29) is 11.4 Å². The molecule has 0 aromatic heterocycles. The van der Waals surface area contributed by atoms with E-state index in [0.717, 1.165) is 26.9 Å². The average molecular weight is 290 g/mol. The van der Waals surface area contributed by atoms with Gasteiger partial charge in [0.05, 0.1) is 20.6 Å². The van der Waals surface area contributed by atoms with Gasteiger partial charge in [0.2, 0.25) is 0 Å². The third kappa shape index (κ3) is 1.84. The van der Waals surface area contributed by atoms with Crippen LogP contribution >= 0.6 is 11.8 Å². The van der Waals surface area contributed by atoms with Crippen molar-refractivity contribution in [3.63, 3.8) is 0 Å². The zero-order valence-corrected chi connectivity index (χ0v) is 11.5. The van der Waals surface area contributed by atoms with Crippen LogP contribution < -0.4 is 9.47 Å². The summed E-state index contributed by atoms with van der Waals surface area (Å²) < 4.78 is 23.0. The molecule has 0 aliphatic carbocycles. The van der Waals surface area contributed by atoms with Gasteiger partial charge in [-0.2, -0.15) is 0 Å². The van der Waals surface area contributed by atoms with Crippen LogP contribution in [0.15, 0.2) is 52.3 Å². The second-order valence-corrected chi connectivity index (χ2v) is 6.80. The summed E-state index contributed by atoms with van der Waals surface area (Å²) in [5, 5.41) is 0. The summed E-state index contributed by atoms with van der Waals surface area (Å²) in [7, 11) is -1.05. The molecule has 0 spiro atoms. The normalized spacial score (nSPS) is 23.4. The highest BCUT2D eigenvalue weighted by molar-refractivity contribution is 7.99. The standard InChI is InChI=1S/C14H10O3S2/c15-19-8-16-11-6-5-9(7-13(11)19)14-17-10-3-1-2-4-12(10)18-14/h1-7,14H,8H2. The van der Waals surface area contributed by atoms with E-state index in [1.807, 2.05) is 36.4 Å². The van der Waals surface area contributed by atoms with Crippen molar-refractivity contribution >= 4 is 22.6 Å². The van der Waals surface area contributed by atoms with Crippen molar-refractivity contribution in [3.05, 3.63) is 48.0 Å². The highest BCUT2D eigenvalue weighted by Crippen LogP contribution is 2.49. The van der Waals surface area contributed by atoms with Gasteiger partial charge < -0.3 is 9.47 Å². The molecule has 0 fully saturated rings. The van der Waals surface area contributed by atoms with Gasteiger partial charge in [0.1, 0.15) is 11.5 Å². The van der Waals surface area contributed by atoms with Crippen LogP contribution in [-0.2, 0) is 10.8 Å².